The Kier molecular flexibility index (Phi) is 6.53. The maximum atomic E-state index is 12.5. The molecule has 1 unspecified atom stereocenters. The Hall–Kier alpha value is -2.87. The van der Waals surface area contributed by atoms with Gasteiger partial charge >= 0.3 is 6.36 Å². The number of hydrogen-bond donors (Lipinski definition) is 1. The molecule has 0 aliphatic rings. The van der Waals surface area contributed by atoms with Crippen LogP contribution in [0.5, 0.6) is 5.75 Å². The van der Waals surface area contributed by atoms with Gasteiger partial charge in [0.2, 0.25) is 5.91 Å². The van der Waals surface area contributed by atoms with Crippen molar-refractivity contribution in [2.75, 3.05) is 0 Å². The van der Waals surface area contributed by atoms with Crippen molar-refractivity contribution in [1.82, 2.24) is 10.3 Å². The second kappa shape index (κ2) is 9.09. The number of amides is 1. The number of para-hydroxylation sites is 1. The van der Waals surface area contributed by atoms with Crippen LogP contribution in [0.3, 0.4) is 0 Å². The van der Waals surface area contributed by atoms with E-state index in [9.17, 15) is 18.0 Å². The Morgan fingerprint density at radius 3 is 2.55 bits per heavy atom. The van der Waals surface area contributed by atoms with Crippen molar-refractivity contribution in [2.45, 2.75) is 32.2 Å². The summed E-state index contributed by atoms with van der Waals surface area (Å²) in [6.07, 6.45) is -4.59. The molecule has 8 heteroatoms. The number of aryl methyl sites for hydroxylation is 1. The van der Waals surface area contributed by atoms with Gasteiger partial charge in [0.15, 0.2) is 0 Å². The van der Waals surface area contributed by atoms with E-state index < -0.39 is 6.36 Å². The monoisotopic (exact) mass is 420 g/mol. The molecule has 1 atom stereocenters. The highest BCUT2D eigenvalue weighted by Crippen LogP contribution is 2.28. The Morgan fingerprint density at radius 1 is 1.14 bits per heavy atom. The topological polar surface area (TPSA) is 51.2 Å². The molecule has 1 aromatic heterocycles. The fourth-order valence-corrected chi connectivity index (χ4v) is 3.62. The second-order valence-corrected chi connectivity index (χ2v) is 7.27. The zero-order chi connectivity index (χ0) is 20.9. The van der Waals surface area contributed by atoms with Crippen LogP contribution in [-0.4, -0.2) is 17.3 Å². The fraction of sp³-hybridized carbons (Fsp3) is 0.238. The quantitative estimate of drug-likeness (QED) is 0.548. The molecule has 0 fully saturated rings. The first-order valence-corrected chi connectivity index (χ1v) is 9.83. The van der Waals surface area contributed by atoms with Crippen LogP contribution in [0.2, 0.25) is 0 Å². The normalized spacial score (nSPS) is 12.4. The molecule has 2 aromatic carbocycles. The standard InChI is InChI=1S/C21H19F3N2O2S/c1-14(20-26-17(13-29-20)15-7-3-2-4-8-15)25-19(27)12-11-16-9-5-6-10-18(16)28-21(22,23)24/h2-10,13-14H,11-12H2,1H3,(H,25,27). The Morgan fingerprint density at radius 2 is 1.83 bits per heavy atom. The first kappa shape index (κ1) is 20.9. The molecule has 3 rings (SSSR count). The van der Waals surface area contributed by atoms with Crippen LogP contribution in [0.1, 0.15) is 30.0 Å². The number of carbonyl (C=O) groups is 1. The minimum atomic E-state index is -4.77. The molecular formula is C21H19F3N2O2S. The van der Waals surface area contributed by atoms with Crippen LogP contribution in [-0.2, 0) is 11.2 Å². The molecule has 1 heterocycles. The van der Waals surface area contributed by atoms with E-state index >= 15 is 0 Å². The van der Waals surface area contributed by atoms with Gasteiger partial charge in [-0.3, -0.25) is 4.79 Å². The molecule has 0 saturated heterocycles. The number of aromatic nitrogens is 1. The van der Waals surface area contributed by atoms with Crippen molar-refractivity contribution >= 4 is 17.2 Å². The number of halogens is 3. The van der Waals surface area contributed by atoms with Gasteiger partial charge in [-0.15, -0.1) is 24.5 Å². The first-order chi connectivity index (χ1) is 13.8. The largest absolute Gasteiger partial charge is 0.573 e. The number of nitrogens with zero attached hydrogens (tertiary/aromatic N) is 1. The van der Waals surface area contributed by atoms with Crippen molar-refractivity contribution in [3.05, 3.63) is 70.5 Å². The van der Waals surface area contributed by atoms with Crippen molar-refractivity contribution in [3.8, 4) is 17.0 Å². The lowest BCUT2D eigenvalue weighted by molar-refractivity contribution is -0.274. The average Bonchev–Trinajstić information content (AvgIpc) is 3.17. The molecule has 0 aliphatic carbocycles. The smallest absolute Gasteiger partial charge is 0.406 e. The summed E-state index contributed by atoms with van der Waals surface area (Å²) in [5, 5.41) is 5.54. The Labute approximate surface area is 170 Å². The van der Waals surface area contributed by atoms with E-state index in [1.807, 2.05) is 42.6 Å². The summed E-state index contributed by atoms with van der Waals surface area (Å²) in [6, 6.07) is 15.2. The van der Waals surface area contributed by atoms with Gasteiger partial charge in [-0.2, -0.15) is 0 Å². The number of carbonyl (C=O) groups excluding carboxylic acids is 1. The van der Waals surface area contributed by atoms with Gasteiger partial charge in [0.1, 0.15) is 10.8 Å². The van der Waals surface area contributed by atoms with Gasteiger partial charge in [-0.05, 0) is 25.0 Å². The van der Waals surface area contributed by atoms with E-state index in [0.717, 1.165) is 16.3 Å². The molecule has 0 bridgehead atoms. The van der Waals surface area contributed by atoms with Crippen molar-refractivity contribution in [3.63, 3.8) is 0 Å². The molecule has 152 valence electrons. The molecule has 0 saturated carbocycles. The summed E-state index contributed by atoms with van der Waals surface area (Å²) in [7, 11) is 0. The lowest BCUT2D eigenvalue weighted by Gasteiger charge is -2.14. The molecule has 3 aromatic rings. The average molecular weight is 420 g/mol. The number of thiazole rings is 1. The van der Waals surface area contributed by atoms with Crippen LogP contribution in [0.25, 0.3) is 11.3 Å². The number of alkyl halides is 3. The zero-order valence-electron chi connectivity index (χ0n) is 15.6. The summed E-state index contributed by atoms with van der Waals surface area (Å²) < 4.78 is 41.5. The number of hydrogen-bond acceptors (Lipinski definition) is 4. The van der Waals surface area contributed by atoms with Gasteiger partial charge in [-0.1, -0.05) is 48.5 Å². The molecule has 1 amide bonds. The van der Waals surface area contributed by atoms with Crippen LogP contribution in [0.4, 0.5) is 13.2 Å². The fourth-order valence-electron chi connectivity index (χ4n) is 2.79. The highest BCUT2D eigenvalue weighted by atomic mass is 32.1. The van der Waals surface area contributed by atoms with Crippen LogP contribution in [0.15, 0.2) is 60.0 Å². The summed E-state index contributed by atoms with van der Waals surface area (Å²) in [6.45, 7) is 1.83. The van der Waals surface area contributed by atoms with Crippen molar-refractivity contribution in [1.29, 1.82) is 0 Å². The van der Waals surface area contributed by atoms with E-state index in [-0.39, 0.29) is 30.5 Å². The second-order valence-electron chi connectivity index (χ2n) is 6.38. The van der Waals surface area contributed by atoms with Crippen molar-refractivity contribution in [2.24, 2.45) is 0 Å². The SMILES string of the molecule is CC(NC(=O)CCc1ccccc1OC(F)(F)F)c1nc(-c2ccccc2)cs1. The molecular weight excluding hydrogens is 401 g/mol. The maximum Gasteiger partial charge on any atom is 0.573 e. The van der Waals surface area contributed by atoms with E-state index in [0.29, 0.717) is 5.56 Å². The molecule has 0 spiro atoms. The number of ether oxygens (including phenoxy) is 1. The van der Waals surface area contributed by atoms with Gasteiger partial charge in [0.25, 0.3) is 0 Å². The van der Waals surface area contributed by atoms with E-state index in [2.05, 4.69) is 15.0 Å². The Bertz CT molecular complexity index is 958. The number of nitrogens with one attached hydrogen (secondary N) is 1. The molecule has 0 aliphatic heterocycles. The van der Waals surface area contributed by atoms with Crippen LogP contribution in [0, 0.1) is 0 Å². The summed E-state index contributed by atoms with van der Waals surface area (Å²) in [5.41, 5.74) is 2.16. The van der Waals surface area contributed by atoms with Gasteiger partial charge in [-0.25, -0.2) is 4.98 Å². The summed E-state index contributed by atoms with van der Waals surface area (Å²) in [5.74, 6) is -0.552. The predicted octanol–water partition coefficient (Wildman–Crippen LogP) is 5.52. The summed E-state index contributed by atoms with van der Waals surface area (Å²) in [4.78, 5) is 16.8. The highest BCUT2D eigenvalue weighted by molar-refractivity contribution is 7.10. The van der Waals surface area contributed by atoms with Gasteiger partial charge < -0.3 is 10.1 Å². The predicted molar refractivity (Wildman–Crippen MR) is 106 cm³/mol. The summed E-state index contributed by atoms with van der Waals surface area (Å²) >= 11 is 1.45. The third-order valence-corrected chi connectivity index (χ3v) is 5.19. The molecule has 4 nitrogen and oxygen atoms in total. The lowest BCUT2D eigenvalue weighted by Crippen LogP contribution is -2.27. The van der Waals surface area contributed by atoms with E-state index in [1.54, 1.807) is 6.07 Å². The first-order valence-electron chi connectivity index (χ1n) is 8.95. The number of rotatable bonds is 7. The van der Waals surface area contributed by atoms with Crippen molar-refractivity contribution < 1.29 is 22.7 Å². The van der Waals surface area contributed by atoms with E-state index in [4.69, 9.17) is 0 Å². The lowest BCUT2D eigenvalue weighted by atomic mass is 10.1. The minimum Gasteiger partial charge on any atom is -0.406 e. The zero-order valence-corrected chi connectivity index (χ0v) is 16.4. The van der Waals surface area contributed by atoms with Crippen LogP contribution < -0.4 is 10.1 Å². The highest BCUT2D eigenvalue weighted by Gasteiger charge is 2.32. The third kappa shape index (κ3) is 6.05. The molecule has 29 heavy (non-hydrogen) atoms. The minimum absolute atomic E-state index is 0.0412. The van der Waals surface area contributed by atoms with Gasteiger partial charge in [0, 0.05) is 17.4 Å². The van der Waals surface area contributed by atoms with E-state index in [1.165, 1.54) is 29.5 Å². The Balaban J connectivity index is 1.57. The van der Waals surface area contributed by atoms with Gasteiger partial charge in [0.05, 0.1) is 11.7 Å². The third-order valence-electron chi connectivity index (χ3n) is 4.16. The maximum absolute atomic E-state index is 12.5. The number of benzene rings is 2. The van der Waals surface area contributed by atoms with Crippen LogP contribution >= 0.6 is 11.3 Å². The molecule has 1 N–H and O–H groups in total. The molecule has 0 radical (unpaired) electrons.